The van der Waals surface area contributed by atoms with Gasteiger partial charge in [-0.1, -0.05) is 19.1 Å². The Kier molecular flexibility index (Phi) is 4.10. The molecular formula is C15H21N3O. The van der Waals surface area contributed by atoms with E-state index in [1.54, 1.807) is 7.11 Å². The van der Waals surface area contributed by atoms with E-state index in [1.807, 2.05) is 37.0 Å². The van der Waals surface area contributed by atoms with Crippen LogP contribution in [-0.2, 0) is 7.05 Å². The quantitative estimate of drug-likeness (QED) is 0.895. The summed E-state index contributed by atoms with van der Waals surface area (Å²) >= 11 is 0. The fourth-order valence-corrected chi connectivity index (χ4v) is 2.19. The van der Waals surface area contributed by atoms with Crippen molar-refractivity contribution < 1.29 is 4.74 Å². The van der Waals surface area contributed by atoms with E-state index in [9.17, 15) is 0 Å². The molecule has 4 nitrogen and oxygen atoms in total. The second kappa shape index (κ2) is 5.78. The van der Waals surface area contributed by atoms with Crippen LogP contribution in [0.4, 0.5) is 5.69 Å². The Morgan fingerprint density at radius 3 is 2.47 bits per heavy atom. The lowest BCUT2D eigenvalue weighted by molar-refractivity contribution is 0.414. The summed E-state index contributed by atoms with van der Waals surface area (Å²) in [5, 5.41) is 7.90. The molecule has 1 unspecified atom stereocenters. The summed E-state index contributed by atoms with van der Waals surface area (Å²) in [6.07, 6.45) is 3.03. The number of nitrogens with one attached hydrogen (secondary N) is 1. The zero-order valence-electron chi connectivity index (χ0n) is 12.0. The van der Waals surface area contributed by atoms with Crippen LogP contribution in [-0.4, -0.2) is 16.9 Å². The molecule has 1 aromatic heterocycles. The van der Waals surface area contributed by atoms with Gasteiger partial charge in [0.05, 0.1) is 24.5 Å². The van der Waals surface area contributed by atoms with Gasteiger partial charge in [0.15, 0.2) is 0 Å². The summed E-state index contributed by atoms with van der Waals surface area (Å²) in [4.78, 5) is 0. The number of nitrogens with zero attached hydrogens (tertiary/aromatic N) is 2. The van der Waals surface area contributed by atoms with E-state index in [0.717, 1.165) is 23.6 Å². The van der Waals surface area contributed by atoms with E-state index in [1.165, 1.54) is 5.56 Å². The normalized spacial score (nSPS) is 12.2. The van der Waals surface area contributed by atoms with Crippen LogP contribution < -0.4 is 10.1 Å². The van der Waals surface area contributed by atoms with Crippen molar-refractivity contribution in [1.29, 1.82) is 0 Å². The third-order valence-electron chi connectivity index (χ3n) is 3.27. The van der Waals surface area contributed by atoms with Crippen LogP contribution in [0.2, 0.25) is 0 Å². The Hall–Kier alpha value is -1.97. The minimum atomic E-state index is 0.286. The number of methoxy groups -OCH3 is 1. The van der Waals surface area contributed by atoms with E-state index in [2.05, 4.69) is 29.5 Å². The summed E-state index contributed by atoms with van der Waals surface area (Å²) in [5.41, 5.74) is 3.37. The number of aryl methyl sites for hydroxylation is 2. The third kappa shape index (κ3) is 3.08. The van der Waals surface area contributed by atoms with Gasteiger partial charge in [-0.25, -0.2) is 0 Å². The number of rotatable bonds is 5. The summed E-state index contributed by atoms with van der Waals surface area (Å²) in [6, 6.07) is 8.48. The second-order valence-electron chi connectivity index (χ2n) is 4.68. The van der Waals surface area contributed by atoms with Crippen LogP contribution in [0.5, 0.6) is 5.75 Å². The van der Waals surface area contributed by atoms with Crippen molar-refractivity contribution in [3.05, 3.63) is 41.7 Å². The van der Waals surface area contributed by atoms with Crippen LogP contribution in [0.15, 0.2) is 30.5 Å². The highest BCUT2D eigenvalue weighted by Crippen LogP contribution is 2.25. The molecule has 1 aromatic carbocycles. The molecule has 0 spiro atoms. The van der Waals surface area contributed by atoms with E-state index < -0.39 is 0 Å². The van der Waals surface area contributed by atoms with Gasteiger partial charge in [0.2, 0.25) is 0 Å². The van der Waals surface area contributed by atoms with Gasteiger partial charge in [0, 0.05) is 13.2 Å². The Morgan fingerprint density at radius 1 is 1.32 bits per heavy atom. The molecule has 0 aliphatic carbocycles. The van der Waals surface area contributed by atoms with Crippen LogP contribution in [0.25, 0.3) is 0 Å². The van der Waals surface area contributed by atoms with Gasteiger partial charge in [-0.05, 0) is 31.0 Å². The number of anilines is 1. The summed E-state index contributed by atoms with van der Waals surface area (Å²) in [6.45, 7) is 4.19. The highest BCUT2D eigenvalue weighted by molar-refractivity contribution is 5.48. The molecule has 1 heterocycles. The number of hydrogen-bond donors (Lipinski definition) is 1. The number of ether oxygens (including phenoxy) is 1. The Bertz CT molecular complexity index is 531. The highest BCUT2D eigenvalue weighted by Gasteiger charge is 2.12. The standard InChI is InChI=1S/C15H21N3O/c1-5-14(12-6-8-13(19-4)9-7-12)16-15-10-18(3)17-11(15)2/h6-10,14,16H,5H2,1-4H3. The molecule has 0 aliphatic heterocycles. The molecule has 0 saturated carbocycles. The third-order valence-corrected chi connectivity index (χ3v) is 3.27. The predicted molar refractivity (Wildman–Crippen MR) is 77.6 cm³/mol. The van der Waals surface area contributed by atoms with Gasteiger partial charge >= 0.3 is 0 Å². The van der Waals surface area contributed by atoms with Crippen LogP contribution in [0.1, 0.15) is 30.6 Å². The Labute approximate surface area is 114 Å². The van der Waals surface area contributed by atoms with Gasteiger partial charge in [-0.3, -0.25) is 4.68 Å². The molecular weight excluding hydrogens is 238 g/mol. The predicted octanol–water partition coefficient (Wildman–Crippen LogP) is 3.30. The molecule has 0 bridgehead atoms. The first-order valence-electron chi connectivity index (χ1n) is 6.54. The van der Waals surface area contributed by atoms with Gasteiger partial charge in [-0.15, -0.1) is 0 Å². The maximum atomic E-state index is 5.19. The molecule has 0 saturated heterocycles. The van der Waals surface area contributed by atoms with Crippen molar-refractivity contribution in [2.24, 2.45) is 7.05 Å². The van der Waals surface area contributed by atoms with Crippen molar-refractivity contribution in [3.8, 4) is 5.75 Å². The molecule has 2 rings (SSSR count). The van der Waals surface area contributed by atoms with Gasteiger partial charge < -0.3 is 10.1 Å². The summed E-state index contributed by atoms with van der Waals surface area (Å²) in [7, 11) is 3.62. The first-order chi connectivity index (χ1) is 9.13. The van der Waals surface area contributed by atoms with E-state index in [0.29, 0.717) is 0 Å². The minimum absolute atomic E-state index is 0.286. The monoisotopic (exact) mass is 259 g/mol. The van der Waals surface area contributed by atoms with E-state index in [-0.39, 0.29) is 6.04 Å². The molecule has 1 atom stereocenters. The number of hydrogen-bond acceptors (Lipinski definition) is 3. The molecule has 0 fully saturated rings. The van der Waals surface area contributed by atoms with E-state index in [4.69, 9.17) is 4.74 Å². The van der Waals surface area contributed by atoms with Gasteiger partial charge in [0.1, 0.15) is 5.75 Å². The summed E-state index contributed by atoms with van der Waals surface area (Å²) < 4.78 is 7.02. The average Bonchev–Trinajstić information content (AvgIpc) is 2.74. The SMILES string of the molecule is CCC(Nc1cn(C)nc1C)c1ccc(OC)cc1. The molecule has 1 N–H and O–H groups in total. The molecule has 0 radical (unpaired) electrons. The second-order valence-corrected chi connectivity index (χ2v) is 4.68. The number of benzene rings is 1. The first kappa shape index (κ1) is 13.5. The average molecular weight is 259 g/mol. The van der Waals surface area contributed by atoms with Crippen LogP contribution in [0.3, 0.4) is 0 Å². The fourth-order valence-electron chi connectivity index (χ4n) is 2.19. The maximum Gasteiger partial charge on any atom is 0.118 e. The van der Waals surface area contributed by atoms with Crippen molar-refractivity contribution in [1.82, 2.24) is 9.78 Å². The Balaban J connectivity index is 2.17. The zero-order valence-corrected chi connectivity index (χ0v) is 12.0. The molecule has 2 aromatic rings. The van der Waals surface area contributed by atoms with Crippen LogP contribution >= 0.6 is 0 Å². The van der Waals surface area contributed by atoms with Crippen LogP contribution in [0, 0.1) is 6.92 Å². The Morgan fingerprint density at radius 2 is 2.00 bits per heavy atom. The summed E-state index contributed by atoms with van der Waals surface area (Å²) in [5.74, 6) is 0.885. The minimum Gasteiger partial charge on any atom is -0.497 e. The maximum absolute atomic E-state index is 5.19. The van der Waals surface area contributed by atoms with E-state index >= 15 is 0 Å². The highest BCUT2D eigenvalue weighted by atomic mass is 16.5. The topological polar surface area (TPSA) is 39.1 Å². The van der Waals surface area contributed by atoms with Crippen molar-refractivity contribution in [2.75, 3.05) is 12.4 Å². The largest absolute Gasteiger partial charge is 0.497 e. The molecule has 0 aliphatic rings. The lowest BCUT2D eigenvalue weighted by Crippen LogP contribution is -2.09. The lowest BCUT2D eigenvalue weighted by atomic mass is 10.0. The molecule has 19 heavy (non-hydrogen) atoms. The lowest BCUT2D eigenvalue weighted by Gasteiger charge is -2.18. The number of aromatic nitrogens is 2. The molecule has 102 valence electrons. The van der Waals surface area contributed by atoms with Crippen molar-refractivity contribution in [2.45, 2.75) is 26.3 Å². The van der Waals surface area contributed by atoms with Gasteiger partial charge in [0.25, 0.3) is 0 Å². The smallest absolute Gasteiger partial charge is 0.118 e. The fraction of sp³-hybridized carbons (Fsp3) is 0.400. The van der Waals surface area contributed by atoms with Crippen molar-refractivity contribution >= 4 is 5.69 Å². The molecule has 0 amide bonds. The first-order valence-corrected chi connectivity index (χ1v) is 6.54. The van der Waals surface area contributed by atoms with Crippen molar-refractivity contribution in [3.63, 3.8) is 0 Å². The molecule has 4 heteroatoms. The zero-order chi connectivity index (χ0) is 13.8. The van der Waals surface area contributed by atoms with Gasteiger partial charge in [-0.2, -0.15) is 5.10 Å².